The number of nitrogens with zero attached hydrogens (tertiary/aromatic N) is 3. The summed E-state index contributed by atoms with van der Waals surface area (Å²) < 4.78 is 6.26. The molecule has 0 radical (unpaired) electrons. The molecule has 100 valence electrons. The molecule has 2 aliphatic heterocycles. The maximum Gasteiger partial charge on any atom is 0.151 e. The first-order valence-electron chi connectivity index (χ1n) is 6.85. The molecule has 2 aromatic rings. The lowest BCUT2D eigenvalue weighted by atomic mass is 9.97. The van der Waals surface area contributed by atoms with E-state index in [1.165, 1.54) is 0 Å². The van der Waals surface area contributed by atoms with Gasteiger partial charge < -0.3 is 9.64 Å². The van der Waals surface area contributed by atoms with Crippen LogP contribution in [0.5, 0.6) is 5.75 Å². The molecule has 1 spiro atoms. The fraction of sp³-hybridized carbons (Fsp3) is 0.250. The summed E-state index contributed by atoms with van der Waals surface area (Å²) in [6.07, 6.45) is 7.02. The highest BCUT2D eigenvalue weighted by atomic mass is 16.5. The molecule has 4 heteroatoms. The normalized spacial score (nSPS) is 23.7. The van der Waals surface area contributed by atoms with Crippen molar-refractivity contribution in [3.05, 3.63) is 54.2 Å². The highest BCUT2D eigenvalue weighted by molar-refractivity contribution is 5.61. The zero-order chi connectivity index (χ0) is 13.4. The third kappa shape index (κ3) is 1.84. The second kappa shape index (κ2) is 4.34. The molecule has 2 aliphatic rings. The van der Waals surface area contributed by atoms with Crippen molar-refractivity contribution >= 4 is 11.9 Å². The maximum atomic E-state index is 6.26. The third-order valence-corrected chi connectivity index (χ3v) is 3.94. The molecule has 4 nitrogen and oxygen atoms in total. The molecule has 1 fully saturated rings. The molecule has 1 unspecified atom stereocenters. The Balaban J connectivity index is 1.60. The van der Waals surface area contributed by atoms with Crippen LogP contribution in [0.1, 0.15) is 12.0 Å². The van der Waals surface area contributed by atoms with E-state index in [0.29, 0.717) is 0 Å². The van der Waals surface area contributed by atoms with Gasteiger partial charge in [0.15, 0.2) is 5.82 Å². The van der Waals surface area contributed by atoms with Crippen molar-refractivity contribution in [2.24, 2.45) is 0 Å². The number of rotatable bonds is 1. The van der Waals surface area contributed by atoms with Gasteiger partial charge in [-0.3, -0.25) is 0 Å². The highest BCUT2D eigenvalue weighted by Gasteiger charge is 2.40. The number of para-hydroxylation sites is 1. The first-order chi connectivity index (χ1) is 9.85. The lowest BCUT2D eigenvalue weighted by molar-refractivity contribution is 0.141. The molecule has 1 atom stereocenters. The molecule has 0 aliphatic carbocycles. The van der Waals surface area contributed by atoms with Gasteiger partial charge in [-0.05, 0) is 24.3 Å². The largest absolute Gasteiger partial charge is 0.481 e. The van der Waals surface area contributed by atoms with E-state index in [2.05, 4.69) is 33.3 Å². The maximum absolute atomic E-state index is 6.26. The van der Waals surface area contributed by atoms with E-state index < -0.39 is 0 Å². The van der Waals surface area contributed by atoms with Crippen LogP contribution in [-0.4, -0.2) is 28.9 Å². The van der Waals surface area contributed by atoms with Crippen molar-refractivity contribution in [3.63, 3.8) is 0 Å². The fourth-order valence-corrected chi connectivity index (χ4v) is 2.89. The number of benzene rings is 1. The minimum atomic E-state index is -0.230. The van der Waals surface area contributed by atoms with Crippen LogP contribution >= 0.6 is 0 Å². The fourth-order valence-electron chi connectivity index (χ4n) is 2.89. The van der Waals surface area contributed by atoms with E-state index in [1.54, 1.807) is 6.20 Å². The number of hydrogen-bond acceptors (Lipinski definition) is 4. The quantitative estimate of drug-likeness (QED) is 0.794. The molecule has 0 N–H and O–H groups in total. The lowest BCUT2D eigenvalue weighted by Crippen LogP contribution is -2.39. The van der Waals surface area contributed by atoms with Gasteiger partial charge in [0.1, 0.15) is 11.4 Å². The smallest absolute Gasteiger partial charge is 0.151 e. The van der Waals surface area contributed by atoms with Crippen LogP contribution in [0.4, 0.5) is 5.82 Å². The predicted octanol–water partition coefficient (Wildman–Crippen LogP) is 2.53. The monoisotopic (exact) mass is 265 g/mol. The van der Waals surface area contributed by atoms with E-state index in [9.17, 15) is 0 Å². The number of hydrogen-bond donors (Lipinski definition) is 0. The van der Waals surface area contributed by atoms with Gasteiger partial charge in [-0.1, -0.05) is 24.3 Å². The van der Waals surface area contributed by atoms with Crippen molar-refractivity contribution in [3.8, 4) is 5.75 Å². The van der Waals surface area contributed by atoms with Gasteiger partial charge in [0.05, 0.1) is 6.54 Å². The Morgan fingerprint density at radius 3 is 3.00 bits per heavy atom. The van der Waals surface area contributed by atoms with E-state index in [-0.39, 0.29) is 5.60 Å². The van der Waals surface area contributed by atoms with Gasteiger partial charge in [-0.2, -0.15) is 5.10 Å². The van der Waals surface area contributed by atoms with Gasteiger partial charge in [0.2, 0.25) is 0 Å². The van der Waals surface area contributed by atoms with Crippen molar-refractivity contribution in [2.45, 2.75) is 12.0 Å². The average molecular weight is 265 g/mol. The summed E-state index contributed by atoms with van der Waals surface area (Å²) in [6.45, 7) is 1.75. The minimum absolute atomic E-state index is 0.230. The van der Waals surface area contributed by atoms with Crippen LogP contribution < -0.4 is 9.64 Å². The molecule has 0 bridgehead atoms. The van der Waals surface area contributed by atoms with E-state index >= 15 is 0 Å². The van der Waals surface area contributed by atoms with E-state index in [0.717, 1.165) is 36.6 Å². The molecular weight excluding hydrogens is 250 g/mol. The zero-order valence-electron chi connectivity index (χ0n) is 11.1. The van der Waals surface area contributed by atoms with Gasteiger partial charge in [-0.25, -0.2) is 0 Å². The summed E-state index contributed by atoms with van der Waals surface area (Å²) in [7, 11) is 0. The number of fused-ring (bicyclic) bond motifs is 1. The van der Waals surface area contributed by atoms with Gasteiger partial charge in [0, 0.05) is 24.7 Å². The van der Waals surface area contributed by atoms with Crippen LogP contribution in [0.15, 0.2) is 48.7 Å². The summed E-state index contributed by atoms with van der Waals surface area (Å²) in [6, 6.07) is 12.1. The number of anilines is 1. The van der Waals surface area contributed by atoms with Gasteiger partial charge in [0.25, 0.3) is 0 Å². The Morgan fingerprint density at radius 2 is 2.10 bits per heavy atom. The molecule has 0 amide bonds. The number of aromatic nitrogens is 2. The van der Waals surface area contributed by atoms with Gasteiger partial charge in [-0.15, -0.1) is 5.10 Å². The number of ether oxygens (including phenoxy) is 1. The first kappa shape index (κ1) is 11.5. The Labute approximate surface area is 117 Å². The first-order valence-corrected chi connectivity index (χ1v) is 6.85. The highest BCUT2D eigenvalue weighted by Crippen LogP contribution is 2.37. The molecule has 4 rings (SSSR count). The van der Waals surface area contributed by atoms with Crippen LogP contribution in [0.25, 0.3) is 6.08 Å². The summed E-state index contributed by atoms with van der Waals surface area (Å²) in [5.41, 5.74) is 0.919. The Hall–Kier alpha value is -2.36. The Morgan fingerprint density at radius 1 is 1.15 bits per heavy atom. The van der Waals surface area contributed by atoms with Crippen molar-refractivity contribution in [1.82, 2.24) is 10.2 Å². The Kier molecular flexibility index (Phi) is 2.49. The lowest BCUT2D eigenvalue weighted by Gasteiger charge is -2.31. The van der Waals surface area contributed by atoms with Crippen LogP contribution in [0.2, 0.25) is 0 Å². The molecule has 1 saturated heterocycles. The van der Waals surface area contributed by atoms with E-state index in [4.69, 9.17) is 4.74 Å². The topological polar surface area (TPSA) is 38.2 Å². The second-order valence-electron chi connectivity index (χ2n) is 5.29. The molecule has 1 aromatic heterocycles. The van der Waals surface area contributed by atoms with Crippen molar-refractivity contribution < 1.29 is 4.74 Å². The predicted molar refractivity (Wildman–Crippen MR) is 77.7 cm³/mol. The molecular formula is C16H15N3O. The molecule has 20 heavy (non-hydrogen) atoms. The SMILES string of the molecule is C1=CC2(CCN(c3cccnn3)C2)Oc2ccccc21. The average Bonchev–Trinajstić information content (AvgIpc) is 2.92. The van der Waals surface area contributed by atoms with E-state index in [1.807, 2.05) is 30.3 Å². The third-order valence-electron chi connectivity index (χ3n) is 3.94. The summed E-state index contributed by atoms with van der Waals surface area (Å²) in [4.78, 5) is 2.23. The van der Waals surface area contributed by atoms with Crippen molar-refractivity contribution in [1.29, 1.82) is 0 Å². The van der Waals surface area contributed by atoms with Crippen molar-refractivity contribution in [2.75, 3.05) is 18.0 Å². The van der Waals surface area contributed by atoms with Crippen LogP contribution in [-0.2, 0) is 0 Å². The standard InChI is InChI=1S/C16H15N3O/c1-2-5-14-13(4-1)7-8-16(20-14)9-11-19(12-16)15-6-3-10-17-18-15/h1-8,10H,9,11-12H2. The minimum Gasteiger partial charge on any atom is -0.481 e. The summed E-state index contributed by atoms with van der Waals surface area (Å²) in [5, 5.41) is 8.13. The molecule has 3 heterocycles. The van der Waals surface area contributed by atoms with Gasteiger partial charge >= 0.3 is 0 Å². The van der Waals surface area contributed by atoms with Crippen LogP contribution in [0.3, 0.4) is 0 Å². The summed E-state index contributed by atoms with van der Waals surface area (Å²) in [5.74, 6) is 1.89. The second-order valence-corrected chi connectivity index (χ2v) is 5.29. The zero-order valence-corrected chi connectivity index (χ0v) is 11.1. The van der Waals surface area contributed by atoms with Crippen LogP contribution in [0, 0.1) is 0 Å². The summed E-state index contributed by atoms with van der Waals surface area (Å²) >= 11 is 0. The Bertz CT molecular complexity index is 656. The molecule has 1 aromatic carbocycles. The molecule has 0 saturated carbocycles.